The van der Waals surface area contributed by atoms with E-state index in [1.165, 1.54) is 0 Å². The molecule has 2 aromatic rings. The lowest BCUT2D eigenvalue weighted by Crippen LogP contribution is -2.41. The van der Waals surface area contributed by atoms with E-state index < -0.39 is 5.60 Å². The predicted molar refractivity (Wildman–Crippen MR) is 92.4 cm³/mol. The first kappa shape index (κ1) is 16.2. The molecule has 2 aromatic carbocycles. The number of likely N-dealkylation sites (N-methyl/N-ethyl adjacent to an activating group) is 1. The summed E-state index contributed by atoms with van der Waals surface area (Å²) in [6, 6.07) is 19.6. The number of nitrogens with zero attached hydrogens (tertiary/aromatic N) is 1. The van der Waals surface area contributed by atoms with Gasteiger partial charge in [-0.05, 0) is 37.6 Å². The summed E-state index contributed by atoms with van der Waals surface area (Å²) >= 11 is 0. The Morgan fingerprint density at radius 2 is 1.61 bits per heavy atom. The quantitative estimate of drug-likeness (QED) is 0.921. The molecule has 0 aromatic heterocycles. The molecule has 0 radical (unpaired) electrons. The van der Waals surface area contributed by atoms with Crippen LogP contribution in [0.4, 0.5) is 0 Å². The predicted octanol–water partition coefficient (Wildman–Crippen LogP) is 3.03. The van der Waals surface area contributed by atoms with E-state index in [-0.39, 0.29) is 12.7 Å². The summed E-state index contributed by atoms with van der Waals surface area (Å²) in [5, 5.41) is 11.4. The summed E-state index contributed by atoms with van der Waals surface area (Å²) < 4.78 is 6.14. The van der Waals surface area contributed by atoms with E-state index in [0.29, 0.717) is 0 Å². The van der Waals surface area contributed by atoms with Crippen LogP contribution in [0.15, 0.2) is 60.7 Å². The monoisotopic (exact) mass is 311 g/mol. The van der Waals surface area contributed by atoms with Gasteiger partial charge < -0.3 is 14.7 Å². The van der Waals surface area contributed by atoms with Gasteiger partial charge in [-0.3, -0.25) is 0 Å². The minimum atomic E-state index is -1.11. The number of hydrogen-bond donors (Lipinski definition) is 1. The second-order valence-corrected chi connectivity index (χ2v) is 6.43. The van der Waals surface area contributed by atoms with Crippen molar-refractivity contribution in [3.05, 3.63) is 71.8 Å². The smallest absolute Gasteiger partial charge is 0.138 e. The van der Waals surface area contributed by atoms with E-state index in [1.54, 1.807) is 0 Å². The van der Waals surface area contributed by atoms with Gasteiger partial charge in [-0.15, -0.1) is 0 Å². The molecule has 3 nitrogen and oxygen atoms in total. The fourth-order valence-electron chi connectivity index (χ4n) is 3.25. The molecular formula is C20H25NO2. The Kier molecular flexibility index (Phi) is 5.11. The van der Waals surface area contributed by atoms with Crippen molar-refractivity contribution in [2.24, 2.45) is 0 Å². The van der Waals surface area contributed by atoms with E-state index in [1.807, 2.05) is 60.7 Å². The molecule has 0 aliphatic carbocycles. The standard InChI is InChI=1S/C20H25NO2/c1-21-14-8-13-19(15-21)23-16-20(22,17-9-4-2-5-10-17)18-11-6-3-7-12-18/h2-7,9-12,19,22H,8,13-16H2,1H3. The number of piperidine rings is 1. The van der Waals surface area contributed by atoms with Crippen molar-refractivity contribution in [3.63, 3.8) is 0 Å². The Morgan fingerprint density at radius 3 is 2.13 bits per heavy atom. The number of likely N-dealkylation sites (tertiary alicyclic amines) is 1. The van der Waals surface area contributed by atoms with Gasteiger partial charge in [-0.25, -0.2) is 0 Å². The van der Waals surface area contributed by atoms with Crippen molar-refractivity contribution in [1.29, 1.82) is 0 Å². The molecule has 3 rings (SSSR count). The third kappa shape index (κ3) is 3.81. The summed E-state index contributed by atoms with van der Waals surface area (Å²) in [7, 11) is 2.12. The first-order valence-corrected chi connectivity index (χ1v) is 8.32. The highest BCUT2D eigenvalue weighted by Gasteiger charge is 2.33. The van der Waals surface area contributed by atoms with Crippen LogP contribution in [0.5, 0.6) is 0 Å². The maximum absolute atomic E-state index is 11.4. The van der Waals surface area contributed by atoms with Crippen LogP contribution in [-0.4, -0.2) is 42.9 Å². The van der Waals surface area contributed by atoms with Crippen molar-refractivity contribution in [3.8, 4) is 0 Å². The van der Waals surface area contributed by atoms with Crippen LogP contribution < -0.4 is 0 Å². The molecule has 0 spiro atoms. The molecule has 23 heavy (non-hydrogen) atoms. The van der Waals surface area contributed by atoms with Gasteiger partial charge in [-0.2, -0.15) is 0 Å². The number of rotatable bonds is 5. The lowest BCUT2D eigenvalue weighted by Gasteiger charge is -2.34. The molecule has 1 saturated heterocycles. The van der Waals surface area contributed by atoms with E-state index in [2.05, 4.69) is 11.9 Å². The maximum Gasteiger partial charge on any atom is 0.138 e. The second kappa shape index (κ2) is 7.26. The molecule has 0 amide bonds. The zero-order chi connectivity index (χ0) is 16.1. The van der Waals surface area contributed by atoms with Gasteiger partial charge in [0.1, 0.15) is 5.60 Å². The lowest BCUT2D eigenvalue weighted by atomic mass is 9.87. The van der Waals surface area contributed by atoms with Crippen LogP contribution in [0.3, 0.4) is 0 Å². The first-order chi connectivity index (χ1) is 11.2. The Hall–Kier alpha value is -1.68. The Morgan fingerprint density at radius 1 is 1.04 bits per heavy atom. The minimum absolute atomic E-state index is 0.188. The summed E-state index contributed by atoms with van der Waals surface area (Å²) in [6.07, 6.45) is 2.40. The van der Waals surface area contributed by atoms with Gasteiger partial charge in [-0.1, -0.05) is 60.7 Å². The van der Waals surface area contributed by atoms with Crippen molar-refractivity contribution in [2.45, 2.75) is 24.5 Å². The normalized spacial score (nSPS) is 19.7. The summed E-state index contributed by atoms with van der Waals surface area (Å²) in [5.74, 6) is 0. The van der Waals surface area contributed by atoms with E-state index in [9.17, 15) is 5.11 Å². The first-order valence-electron chi connectivity index (χ1n) is 8.32. The molecule has 1 atom stereocenters. The molecule has 3 heteroatoms. The van der Waals surface area contributed by atoms with Crippen LogP contribution in [-0.2, 0) is 10.3 Å². The molecule has 1 N–H and O–H groups in total. The molecule has 1 aliphatic heterocycles. The highest BCUT2D eigenvalue weighted by atomic mass is 16.5. The number of aliphatic hydroxyl groups is 1. The van der Waals surface area contributed by atoms with E-state index >= 15 is 0 Å². The highest BCUT2D eigenvalue weighted by molar-refractivity contribution is 5.36. The largest absolute Gasteiger partial charge is 0.378 e. The summed E-state index contributed by atoms with van der Waals surface area (Å²) in [6.45, 7) is 2.33. The molecule has 0 saturated carbocycles. The van der Waals surface area contributed by atoms with Crippen LogP contribution in [0.1, 0.15) is 24.0 Å². The average Bonchev–Trinajstić information content (AvgIpc) is 2.61. The number of benzene rings is 2. The van der Waals surface area contributed by atoms with Crippen molar-refractivity contribution < 1.29 is 9.84 Å². The fraction of sp³-hybridized carbons (Fsp3) is 0.400. The SMILES string of the molecule is CN1CCCC(OCC(O)(c2ccccc2)c2ccccc2)C1. The zero-order valence-corrected chi connectivity index (χ0v) is 13.7. The highest BCUT2D eigenvalue weighted by Crippen LogP contribution is 2.30. The molecule has 1 heterocycles. The lowest BCUT2D eigenvalue weighted by molar-refractivity contribution is -0.0712. The molecule has 1 fully saturated rings. The molecule has 1 unspecified atom stereocenters. The number of ether oxygens (including phenoxy) is 1. The molecular weight excluding hydrogens is 286 g/mol. The fourth-order valence-corrected chi connectivity index (χ4v) is 3.25. The maximum atomic E-state index is 11.4. The van der Waals surface area contributed by atoms with Crippen molar-refractivity contribution in [2.75, 3.05) is 26.7 Å². The van der Waals surface area contributed by atoms with Gasteiger partial charge in [0.2, 0.25) is 0 Å². The van der Waals surface area contributed by atoms with E-state index in [4.69, 9.17) is 4.74 Å². The minimum Gasteiger partial charge on any atom is -0.378 e. The van der Waals surface area contributed by atoms with Gasteiger partial charge in [0.05, 0.1) is 12.7 Å². The third-order valence-electron chi connectivity index (χ3n) is 4.61. The van der Waals surface area contributed by atoms with Crippen molar-refractivity contribution >= 4 is 0 Å². The Bertz CT molecular complexity index is 560. The van der Waals surface area contributed by atoms with Crippen LogP contribution in [0.2, 0.25) is 0 Å². The van der Waals surface area contributed by atoms with Gasteiger partial charge in [0.15, 0.2) is 0 Å². The number of hydrogen-bond acceptors (Lipinski definition) is 3. The topological polar surface area (TPSA) is 32.7 Å². The Labute approximate surface area is 138 Å². The van der Waals surface area contributed by atoms with Crippen LogP contribution >= 0.6 is 0 Å². The van der Waals surface area contributed by atoms with Gasteiger partial charge in [0.25, 0.3) is 0 Å². The van der Waals surface area contributed by atoms with Crippen molar-refractivity contribution in [1.82, 2.24) is 4.90 Å². The second-order valence-electron chi connectivity index (χ2n) is 6.43. The molecule has 122 valence electrons. The summed E-state index contributed by atoms with van der Waals surface area (Å²) in [4.78, 5) is 2.29. The van der Waals surface area contributed by atoms with Gasteiger partial charge >= 0.3 is 0 Å². The average molecular weight is 311 g/mol. The molecule has 1 aliphatic rings. The van der Waals surface area contributed by atoms with Crippen LogP contribution in [0, 0.1) is 0 Å². The van der Waals surface area contributed by atoms with Gasteiger partial charge in [0, 0.05) is 6.54 Å². The van der Waals surface area contributed by atoms with Crippen LogP contribution in [0.25, 0.3) is 0 Å². The zero-order valence-electron chi connectivity index (χ0n) is 13.7. The summed E-state index contributed by atoms with van der Waals surface area (Å²) in [5.41, 5.74) is 0.629. The third-order valence-corrected chi connectivity index (χ3v) is 4.61. The Balaban J connectivity index is 1.81. The van der Waals surface area contributed by atoms with E-state index in [0.717, 1.165) is 37.1 Å². The molecule has 0 bridgehead atoms.